The van der Waals surface area contributed by atoms with Crippen molar-refractivity contribution in [2.75, 3.05) is 6.54 Å². The zero-order valence-electron chi connectivity index (χ0n) is 7.24. The van der Waals surface area contributed by atoms with Crippen LogP contribution in [0.3, 0.4) is 0 Å². The van der Waals surface area contributed by atoms with Crippen LogP contribution in [0.25, 0.3) is 0 Å². The van der Waals surface area contributed by atoms with Crippen molar-refractivity contribution in [2.45, 2.75) is 6.42 Å². The first-order chi connectivity index (χ1) is 6.74. The summed E-state index contributed by atoms with van der Waals surface area (Å²) in [6.45, 7) is 0.187. The van der Waals surface area contributed by atoms with Gasteiger partial charge in [0.1, 0.15) is 11.5 Å². The zero-order chi connectivity index (χ0) is 10.4. The molecule has 0 aromatic heterocycles. The molecular formula is C9H7F2N3. The highest BCUT2D eigenvalue weighted by molar-refractivity contribution is 5.37. The van der Waals surface area contributed by atoms with E-state index in [1.807, 2.05) is 6.07 Å². The van der Waals surface area contributed by atoms with E-state index >= 15 is 0 Å². The van der Waals surface area contributed by atoms with Crippen molar-refractivity contribution in [1.29, 1.82) is 5.26 Å². The summed E-state index contributed by atoms with van der Waals surface area (Å²) in [6.07, 6.45) is 0.209. The molecule has 0 aliphatic rings. The highest BCUT2D eigenvalue weighted by Crippen LogP contribution is 2.18. The third kappa shape index (κ3) is 2.90. The van der Waals surface area contributed by atoms with Crippen molar-refractivity contribution in [2.24, 2.45) is 10.2 Å². The van der Waals surface area contributed by atoms with E-state index in [2.05, 4.69) is 10.2 Å². The number of halogens is 2. The van der Waals surface area contributed by atoms with E-state index in [0.717, 1.165) is 18.2 Å². The summed E-state index contributed by atoms with van der Waals surface area (Å²) in [7, 11) is 0. The molecule has 0 radical (unpaired) electrons. The summed E-state index contributed by atoms with van der Waals surface area (Å²) < 4.78 is 25.5. The minimum atomic E-state index is -0.632. The molecule has 0 N–H and O–H groups in total. The lowest BCUT2D eigenvalue weighted by Crippen LogP contribution is -1.79. The van der Waals surface area contributed by atoms with Gasteiger partial charge in [-0.3, -0.25) is 0 Å². The van der Waals surface area contributed by atoms with Gasteiger partial charge < -0.3 is 0 Å². The quantitative estimate of drug-likeness (QED) is 0.540. The lowest BCUT2D eigenvalue weighted by molar-refractivity contribution is 0.600. The lowest BCUT2D eigenvalue weighted by atomic mass is 10.3. The number of rotatable bonds is 3. The average molecular weight is 195 g/mol. The maximum atomic E-state index is 12.9. The molecule has 1 aromatic rings. The van der Waals surface area contributed by atoms with E-state index in [0.29, 0.717) is 0 Å². The van der Waals surface area contributed by atoms with Crippen molar-refractivity contribution < 1.29 is 8.78 Å². The Bertz CT molecular complexity index is 382. The minimum Gasteiger partial charge on any atom is -0.207 e. The Morgan fingerprint density at radius 3 is 2.86 bits per heavy atom. The van der Waals surface area contributed by atoms with Crippen molar-refractivity contribution >= 4 is 5.69 Å². The van der Waals surface area contributed by atoms with Gasteiger partial charge >= 0.3 is 0 Å². The lowest BCUT2D eigenvalue weighted by Gasteiger charge is -1.94. The van der Waals surface area contributed by atoms with E-state index in [-0.39, 0.29) is 18.7 Å². The van der Waals surface area contributed by atoms with Crippen LogP contribution in [0.5, 0.6) is 0 Å². The normalized spacial score (nSPS) is 10.4. The molecule has 72 valence electrons. The highest BCUT2D eigenvalue weighted by Gasteiger charge is 2.01. The molecule has 0 aliphatic carbocycles. The molecule has 0 spiro atoms. The van der Waals surface area contributed by atoms with Crippen LogP contribution < -0.4 is 0 Å². The molecule has 0 aliphatic heterocycles. The Hall–Kier alpha value is -1.83. The van der Waals surface area contributed by atoms with Crippen LogP contribution in [0.1, 0.15) is 6.42 Å². The SMILES string of the molecule is N#CCCN=Nc1cc(F)ccc1F. The molecule has 0 heterocycles. The molecule has 0 saturated carbocycles. The molecule has 0 amide bonds. The number of nitrogens with zero attached hydrogens (tertiary/aromatic N) is 3. The van der Waals surface area contributed by atoms with Crippen LogP contribution in [0.2, 0.25) is 0 Å². The monoisotopic (exact) mass is 195 g/mol. The van der Waals surface area contributed by atoms with Gasteiger partial charge in [-0.05, 0) is 12.1 Å². The van der Waals surface area contributed by atoms with E-state index in [1.165, 1.54) is 0 Å². The van der Waals surface area contributed by atoms with Crippen LogP contribution >= 0.6 is 0 Å². The fourth-order valence-electron chi connectivity index (χ4n) is 0.789. The second-order valence-electron chi connectivity index (χ2n) is 2.47. The maximum absolute atomic E-state index is 12.9. The van der Waals surface area contributed by atoms with Gasteiger partial charge in [-0.15, -0.1) is 0 Å². The zero-order valence-corrected chi connectivity index (χ0v) is 7.24. The smallest absolute Gasteiger partial charge is 0.150 e. The van der Waals surface area contributed by atoms with E-state index in [1.54, 1.807) is 0 Å². The number of azo groups is 1. The fourth-order valence-corrected chi connectivity index (χ4v) is 0.789. The molecule has 0 saturated heterocycles. The number of hydrogen-bond acceptors (Lipinski definition) is 3. The molecule has 1 aromatic carbocycles. The number of hydrogen-bond donors (Lipinski definition) is 0. The van der Waals surface area contributed by atoms with Crippen LogP contribution in [0.15, 0.2) is 28.4 Å². The molecule has 14 heavy (non-hydrogen) atoms. The summed E-state index contributed by atoms with van der Waals surface area (Å²) in [5.74, 6) is -1.20. The Morgan fingerprint density at radius 1 is 1.36 bits per heavy atom. The third-order valence-electron chi connectivity index (χ3n) is 1.41. The first kappa shape index (κ1) is 10.3. The molecule has 0 bridgehead atoms. The van der Waals surface area contributed by atoms with Crippen molar-refractivity contribution in [3.63, 3.8) is 0 Å². The summed E-state index contributed by atoms with van der Waals surface area (Å²) in [5, 5.41) is 15.2. The predicted octanol–water partition coefficient (Wildman–Crippen LogP) is 2.96. The maximum Gasteiger partial charge on any atom is 0.150 e. The first-order valence-electron chi connectivity index (χ1n) is 3.93. The number of benzene rings is 1. The Kier molecular flexibility index (Phi) is 3.68. The van der Waals surface area contributed by atoms with Gasteiger partial charge in [-0.25, -0.2) is 8.78 Å². The van der Waals surface area contributed by atoms with Gasteiger partial charge in [0, 0.05) is 6.07 Å². The highest BCUT2D eigenvalue weighted by atomic mass is 19.1. The predicted molar refractivity (Wildman–Crippen MR) is 46.0 cm³/mol. The van der Waals surface area contributed by atoms with Gasteiger partial charge in [0.15, 0.2) is 5.82 Å². The van der Waals surface area contributed by atoms with E-state index in [4.69, 9.17) is 5.26 Å². The molecule has 3 nitrogen and oxygen atoms in total. The van der Waals surface area contributed by atoms with Gasteiger partial charge in [0.2, 0.25) is 0 Å². The molecular weight excluding hydrogens is 188 g/mol. The largest absolute Gasteiger partial charge is 0.207 e. The second-order valence-corrected chi connectivity index (χ2v) is 2.47. The Labute approximate surface area is 79.7 Å². The first-order valence-corrected chi connectivity index (χ1v) is 3.93. The summed E-state index contributed by atoms with van der Waals surface area (Å²) in [4.78, 5) is 0. The summed E-state index contributed by atoms with van der Waals surface area (Å²) >= 11 is 0. The van der Waals surface area contributed by atoms with Crippen molar-refractivity contribution in [1.82, 2.24) is 0 Å². The second kappa shape index (κ2) is 5.02. The van der Waals surface area contributed by atoms with Gasteiger partial charge in [-0.1, -0.05) is 0 Å². The van der Waals surface area contributed by atoms with Gasteiger partial charge in [0.25, 0.3) is 0 Å². The standard InChI is InChI=1S/C9H7F2N3/c10-7-2-3-8(11)9(6-7)14-13-5-1-4-12/h2-3,6H,1,5H2. The van der Waals surface area contributed by atoms with Crippen LogP contribution in [-0.4, -0.2) is 6.54 Å². The van der Waals surface area contributed by atoms with Gasteiger partial charge in [-0.2, -0.15) is 15.5 Å². The molecule has 5 heteroatoms. The van der Waals surface area contributed by atoms with Gasteiger partial charge in [0.05, 0.1) is 19.0 Å². The molecule has 0 fully saturated rings. The minimum absolute atomic E-state index is 0.150. The molecule has 0 unspecified atom stereocenters. The van der Waals surface area contributed by atoms with E-state index in [9.17, 15) is 8.78 Å². The molecule has 0 atom stereocenters. The molecule has 1 rings (SSSR count). The fraction of sp³-hybridized carbons (Fsp3) is 0.222. The van der Waals surface area contributed by atoms with Crippen LogP contribution in [-0.2, 0) is 0 Å². The van der Waals surface area contributed by atoms with Crippen molar-refractivity contribution in [3.05, 3.63) is 29.8 Å². The number of nitriles is 1. The van der Waals surface area contributed by atoms with Crippen LogP contribution in [0, 0.1) is 23.0 Å². The van der Waals surface area contributed by atoms with Crippen LogP contribution in [0.4, 0.5) is 14.5 Å². The Morgan fingerprint density at radius 2 is 2.14 bits per heavy atom. The summed E-state index contributed by atoms with van der Waals surface area (Å²) in [6, 6.07) is 4.79. The Balaban J connectivity index is 2.71. The van der Waals surface area contributed by atoms with E-state index < -0.39 is 11.6 Å². The summed E-state index contributed by atoms with van der Waals surface area (Å²) in [5.41, 5.74) is -0.150. The topological polar surface area (TPSA) is 48.5 Å². The average Bonchev–Trinajstić information content (AvgIpc) is 2.18. The van der Waals surface area contributed by atoms with Crippen molar-refractivity contribution in [3.8, 4) is 6.07 Å². The third-order valence-corrected chi connectivity index (χ3v) is 1.41.